The lowest BCUT2D eigenvalue weighted by Gasteiger charge is -2.27. The van der Waals surface area contributed by atoms with Gasteiger partial charge in [0.15, 0.2) is 11.5 Å². The first-order chi connectivity index (χ1) is 16.8. The summed E-state index contributed by atoms with van der Waals surface area (Å²) >= 11 is 0. The molecule has 1 fully saturated rings. The van der Waals surface area contributed by atoms with Crippen LogP contribution in [0, 0.1) is 12.7 Å². The molecule has 1 aliphatic heterocycles. The van der Waals surface area contributed by atoms with E-state index in [1.165, 1.54) is 50.5 Å². The number of benzene rings is 3. The Kier molecular flexibility index (Phi) is 6.46. The number of carbonyl (C=O) groups excluding carboxylic acids is 2. The van der Waals surface area contributed by atoms with Gasteiger partial charge in [-0.2, -0.15) is 0 Å². The van der Waals surface area contributed by atoms with Gasteiger partial charge < -0.3 is 19.3 Å². The predicted molar refractivity (Wildman–Crippen MR) is 128 cm³/mol. The number of amides is 1. The molecule has 1 saturated heterocycles. The minimum atomic E-state index is -1.02. The van der Waals surface area contributed by atoms with Gasteiger partial charge in [0.05, 0.1) is 32.9 Å². The number of nitrogens with zero attached hydrogens (tertiary/aromatic N) is 1. The van der Waals surface area contributed by atoms with Gasteiger partial charge in [-0.25, -0.2) is 4.39 Å². The van der Waals surface area contributed by atoms with Crippen molar-refractivity contribution in [2.75, 3.05) is 26.2 Å². The monoisotopic (exact) mass is 477 g/mol. The number of hydrogen-bond acceptors (Lipinski definition) is 6. The minimum absolute atomic E-state index is 0.140. The van der Waals surface area contributed by atoms with Crippen LogP contribution in [0.5, 0.6) is 17.2 Å². The molecule has 1 heterocycles. The number of carbonyl (C=O) groups is 2. The number of para-hydroxylation sites is 1. The third-order valence-electron chi connectivity index (χ3n) is 5.94. The molecule has 180 valence electrons. The molecule has 1 atom stereocenters. The van der Waals surface area contributed by atoms with Crippen LogP contribution in [0.25, 0.3) is 5.76 Å². The van der Waals surface area contributed by atoms with Gasteiger partial charge in [-0.1, -0.05) is 18.2 Å². The summed E-state index contributed by atoms with van der Waals surface area (Å²) in [6.07, 6.45) is 0. The second-order valence-electron chi connectivity index (χ2n) is 7.92. The predicted octanol–water partition coefficient (Wildman–Crippen LogP) is 4.79. The summed E-state index contributed by atoms with van der Waals surface area (Å²) in [6, 6.07) is 14.4. The average Bonchev–Trinajstić information content (AvgIpc) is 3.13. The number of ether oxygens (including phenoxy) is 3. The van der Waals surface area contributed by atoms with E-state index in [4.69, 9.17) is 14.2 Å². The van der Waals surface area contributed by atoms with Gasteiger partial charge in [0.2, 0.25) is 5.75 Å². The van der Waals surface area contributed by atoms with Gasteiger partial charge in [-0.05, 0) is 60.5 Å². The second-order valence-corrected chi connectivity index (χ2v) is 7.92. The van der Waals surface area contributed by atoms with E-state index >= 15 is 0 Å². The number of halogens is 1. The van der Waals surface area contributed by atoms with E-state index in [1.807, 2.05) is 19.1 Å². The summed E-state index contributed by atoms with van der Waals surface area (Å²) < 4.78 is 29.9. The highest BCUT2D eigenvalue weighted by Gasteiger charge is 2.47. The summed E-state index contributed by atoms with van der Waals surface area (Å²) in [7, 11) is 4.38. The molecular formula is C27H24FNO6. The lowest BCUT2D eigenvalue weighted by molar-refractivity contribution is -0.132. The molecule has 1 unspecified atom stereocenters. The van der Waals surface area contributed by atoms with E-state index in [2.05, 4.69) is 0 Å². The molecule has 1 N–H and O–H groups in total. The summed E-state index contributed by atoms with van der Waals surface area (Å²) in [4.78, 5) is 28.0. The third kappa shape index (κ3) is 4.07. The molecule has 8 heteroatoms. The molecule has 1 amide bonds. The quantitative estimate of drug-likeness (QED) is 0.312. The zero-order chi connectivity index (χ0) is 25.3. The van der Waals surface area contributed by atoms with Crippen LogP contribution in [-0.4, -0.2) is 38.1 Å². The van der Waals surface area contributed by atoms with Crippen molar-refractivity contribution in [3.8, 4) is 17.2 Å². The SMILES string of the molecule is COc1cc(C2/C(=C(\O)c3ccc(F)cc3)C(=O)C(=O)N2c2ccccc2C)cc(OC)c1OC. The summed E-state index contributed by atoms with van der Waals surface area (Å²) in [5.41, 5.74) is 1.77. The summed E-state index contributed by atoms with van der Waals surface area (Å²) in [5.74, 6) is -1.61. The Morgan fingerprint density at radius 1 is 0.914 bits per heavy atom. The normalized spacial score (nSPS) is 16.9. The molecule has 0 bridgehead atoms. The van der Waals surface area contributed by atoms with E-state index in [0.29, 0.717) is 28.5 Å². The zero-order valence-corrected chi connectivity index (χ0v) is 19.7. The van der Waals surface area contributed by atoms with Crippen molar-refractivity contribution in [1.29, 1.82) is 0 Å². The number of aliphatic hydroxyl groups is 1. The molecule has 4 rings (SSSR count). The number of ketones is 1. The van der Waals surface area contributed by atoms with Crippen LogP contribution < -0.4 is 19.1 Å². The molecular weight excluding hydrogens is 453 g/mol. The molecule has 3 aromatic carbocycles. The zero-order valence-electron chi connectivity index (χ0n) is 19.7. The maximum atomic E-state index is 13.5. The van der Waals surface area contributed by atoms with Gasteiger partial charge in [-0.15, -0.1) is 0 Å². The second kappa shape index (κ2) is 9.50. The number of aliphatic hydroxyl groups excluding tert-OH is 1. The van der Waals surface area contributed by atoms with Crippen LogP contribution in [0.4, 0.5) is 10.1 Å². The smallest absolute Gasteiger partial charge is 0.300 e. The molecule has 0 saturated carbocycles. The molecule has 0 radical (unpaired) electrons. The first-order valence-corrected chi connectivity index (χ1v) is 10.7. The van der Waals surface area contributed by atoms with Crippen LogP contribution >= 0.6 is 0 Å². The fourth-order valence-corrected chi connectivity index (χ4v) is 4.25. The largest absolute Gasteiger partial charge is 0.507 e. The highest BCUT2D eigenvalue weighted by Crippen LogP contribution is 2.47. The molecule has 0 aliphatic carbocycles. The average molecular weight is 477 g/mol. The van der Waals surface area contributed by atoms with E-state index < -0.39 is 29.3 Å². The van der Waals surface area contributed by atoms with Crippen molar-refractivity contribution in [3.05, 3.63) is 88.7 Å². The molecule has 0 aromatic heterocycles. The number of methoxy groups -OCH3 is 3. The summed E-state index contributed by atoms with van der Waals surface area (Å²) in [6.45, 7) is 1.82. The van der Waals surface area contributed by atoms with Gasteiger partial charge in [0.1, 0.15) is 11.6 Å². The van der Waals surface area contributed by atoms with Gasteiger partial charge in [-0.3, -0.25) is 14.5 Å². The fraction of sp³-hybridized carbons (Fsp3) is 0.185. The Labute approximate surface area is 202 Å². The Bertz CT molecular complexity index is 1310. The number of hydrogen-bond donors (Lipinski definition) is 1. The van der Waals surface area contributed by atoms with Crippen LogP contribution in [0.1, 0.15) is 22.7 Å². The maximum Gasteiger partial charge on any atom is 0.300 e. The molecule has 7 nitrogen and oxygen atoms in total. The first-order valence-electron chi connectivity index (χ1n) is 10.7. The number of Topliss-reactive ketones (excluding diaryl/α,β-unsaturated/α-hetero) is 1. The van der Waals surface area contributed by atoms with Crippen molar-refractivity contribution < 1.29 is 33.3 Å². The Hall–Kier alpha value is -4.33. The molecule has 3 aromatic rings. The van der Waals surface area contributed by atoms with Crippen molar-refractivity contribution in [3.63, 3.8) is 0 Å². The van der Waals surface area contributed by atoms with Crippen molar-refractivity contribution in [1.82, 2.24) is 0 Å². The van der Waals surface area contributed by atoms with Crippen molar-refractivity contribution in [2.45, 2.75) is 13.0 Å². The van der Waals surface area contributed by atoms with Gasteiger partial charge in [0.25, 0.3) is 11.7 Å². The highest BCUT2D eigenvalue weighted by molar-refractivity contribution is 6.51. The minimum Gasteiger partial charge on any atom is -0.507 e. The standard InChI is InChI=1S/C27H24FNO6/c1-15-7-5-6-8-19(15)29-23(17-13-20(33-2)26(35-4)21(14-17)34-3)22(25(31)27(29)32)24(30)16-9-11-18(28)12-10-16/h5-14,23,30H,1-4H3/b24-22+. The van der Waals surface area contributed by atoms with Crippen LogP contribution in [0.3, 0.4) is 0 Å². The Morgan fingerprint density at radius 3 is 2.06 bits per heavy atom. The van der Waals surface area contributed by atoms with E-state index in [1.54, 1.807) is 24.3 Å². The van der Waals surface area contributed by atoms with E-state index in [9.17, 15) is 19.1 Å². The Balaban J connectivity index is 2.03. The number of aryl methyl sites for hydroxylation is 1. The van der Waals surface area contributed by atoms with Crippen molar-refractivity contribution in [2.24, 2.45) is 0 Å². The highest BCUT2D eigenvalue weighted by atomic mass is 19.1. The fourth-order valence-electron chi connectivity index (χ4n) is 4.25. The lowest BCUT2D eigenvalue weighted by atomic mass is 9.94. The molecule has 0 spiro atoms. The van der Waals surface area contributed by atoms with E-state index in [0.717, 1.165) is 5.56 Å². The molecule has 35 heavy (non-hydrogen) atoms. The topological polar surface area (TPSA) is 85.3 Å². The lowest BCUT2D eigenvalue weighted by Crippen LogP contribution is -2.30. The number of rotatable bonds is 6. The van der Waals surface area contributed by atoms with E-state index in [-0.39, 0.29) is 11.1 Å². The first kappa shape index (κ1) is 23.8. The van der Waals surface area contributed by atoms with Crippen LogP contribution in [-0.2, 0) is 9.59 Å². The Morgan fingerprint density at radius 2 is 1.51 bits per heavy atom. The summed E-state index contributed by atoms with van der Waals surface area (Å²) in [5, 5.41) is 11.2. The maximum absolute atomic E-state index is 13.5. The number of anilines is 1. The van der Waals surface area contributed by atoms with Crippen molar-refractivity contribution >= 4 is 23.1 Å². The van der Waals surface area contributed by atoms with Crippen LogP contribution in [0.15, 0.2) is 66.2 Å². The third-order valence-corrected chi connectivity index (χ3v) is 5.94. The van der Waals surface area contributed by atoms with Gasteiger partial charge >= 0.3 is 0 Å². The van der Waals surface area contributed by atoms with Gasteiger partial charge in [0, 0.05) is 11.3 Å². The van der Waals surface area contributed by atoms with Crippen LogP contribution in [0.2, 0.25) is 0 Å². The molecule has 1 aliphatic rings.